The van der Waals surface area contributed by atoms with Crippen molar-refractivity contribution in [2.24, 2.45) is 5.73 Å². The van der Waals surface area contributed by atoms with Gasteiger partial charge in [-0.05, 0) is 49.3 Å². The third-order valence-corrected chi connectivity index (χ3v) is 5.12. The number of hydrogen-bond donors (Lipinski definition) is 2. The first-order valence-corrected chi connectivity index (χ1v) is 9.77. The van der Waals surface area contributed by atoms with E-state index in [9.17, 15) is 4.79 Å². The summed E-state index contributed by atoms with van der Waals surface area (Å²) in [6, 6.07) is 4.54. The molecule has 0 aromatic heterocycles. The number of carboxylic acids is 1. The van der Waals surface area contributed by atoms with Gasteiger partial charge in [0.05, 0.1) is 13.0 Å². The predicted molar refractivity (Wildman–Crippen MR) is 101 cm³/mol. The maximum absolute atomic E-state index is 10.8. The molecule has 1 aromatic rings. The predicted octanol–water partition coefficient (Wildman–Crippen LogP) is 4.43. The minimum Gasteiger partial charge on any atom is -0.493 e. The van der Waals surface area contributed by atoms with Crippen LogP contribution in [0.5, 0.6) is 5.75 Å². The zero-order valence-electron chi connectivity index (χ0n) is 15.7. The Morgan fingerprint density at radius 3 is 2.80 bits per heavy atom. The number of aryl methyl sites for hydroxylation is 1. The number of carbonyl (C=O) groups is 1. The van der Waals surface area contributed by atoms with Crippen LogP contribution in [0.1, 0.15) is 81.4 Å². The third kappa shape index (κ3) is 5.74. The van der Waals surface area contributed by atoms with Crippen molar-refractivity contribution >= 4 is 5.97 Å². The molecule has 0 fully saturated rings. The van der Waals surface area contributed by atoms with E-state index in [-0.39, 0.29) is 12.3 Å². The van der Waals surface area contributed by atoms with E-state index in [1.165, 1.54) is 48.8 Å². The molecule has 0 radical (unpaired) electrons. The number of hydrogen-bond acceptors (Lipinski definition) is 3. The maximum atomic E-state index is 10.8. The average molecular weight is 347 g/mol. The van der Waals surface area contributed by atoms with Gasteiger partial charge in [0, 0.05) is 18.0 Å². The van der Waals surface area contributed by atoms with Crippen molar-refractivity contribution in [2.45, 2.75) is 83.6 Å². The van der Waals surface area contributed by atoms with Gasteiger partial charge in [-0.15, -0.1) is 0 Å². The van der Waals surface area contributed by atoms with Crippen molar-refractivity contribution in [1.29, 1.82) is 0 Å². The monoisotopic (exact) mass is 347 g/mol. The fourth-order valence-electron chi connectivity index (χ4n) is 3.86. The van der Waals surface area contributed by atoms with Gasteiger partial charge in [-0.3, -0.25) is 4.79 Å². The van der Waals surface area contributed by atoms with Crippen LogP contribution in [0.4, 0.5) is 0 Å². The van der Waals surface area contributed by atoms with Gasteiger partial charge in [0.2, 0.25) is 0 Å². The lowest BCUT2D eigenvalue weighted by Gasteiger charge is -2.12. The van der Waals surface area contributed by atoms with Gasteiger partial charge in [-0.25, -0.2) is 0 Å². The average Bonchev–Trinajstić information content (AvgIpc) is 3.18. The van der Waals surface area contributed by atoms with Crippen molar-refractivity contribution in [3.63, 3.8) is 0 Å². The number of unbranched alkanes of at least 4 members (excludes halogenated alkanes) is 3. The highest BCUT2D eigenvalue weighted by Crippen LogP contribution is 2.43. The van der Waals surface area contributed by atoms with E-state index in [0.717, 1.165) is 31.6 Å². The van der Waals surface area contributed by atoms with Gasteiger partial charge in [0.1, 0.15) is 5.75 Å². The number of fused-ring (bicyclic) bond motifs is 3. The third-order valence-electron chi connectivity index (χ3n) is 5.12. The van der Waals surface area contributed by atoms with Gasteiger partial charge in [0.15, 0.2) is 0 Å². The van der Waals surface area contributed by atoms with Crippen LogP contribution < -0.4 is 10.5 Å². The standard InChI is InChI=1S/C13H14O3.C8H19N/c14-12(15)7-9-2-1-8-3-4-11-10(13(8)9)5-6-16-11;1-3-4-5-6-7-8(2)9/h3-4,9H,1-2,5-7H2,(H,14,15);8H,3-7,9H2,1-2H3/t9-;8-/m00/s1. The lowest BCUT2D eigenvalue weighted by atomic mass is 9.92. The van der Waals surface area contributed by atoms with Crippen LogP contribution in [0.15, 0.2) is 12.1 Å². The number of rotatable bonds is 7. The van der Waals surface area contributed by atoms with Crippen LogP contribution in [0.25, 0.3) is 0 Å². The van der Waals surface area contributed by atoms with Crippen molar-refractivity contribution in [3.05, 3.63) is 28.8 Å². The highest BCUT2D eigenvalue weighted by atomic mass is 16.5. The van der Waals surface area contributed by atoms with E-state index in [1.54, 1.807) is 0 Å². The van der Waals surface area contributed by atoms with Crippen molar-refractivity contribution in [3.8, 4) is 5.75 Å². The zero-order chi connectivity index (χ0) is 18.2. The second-order valence-corrected chi connectivity index (χ2v) is 7.37. The molecule has 0 saturated carbocycles. The quantitative estimate of drug-likeness (QED) is 0.716. The zero-order valence-corrected chi connectivity index (χ0v) is 15.7. The summed E-state index contributed by atoms with van der Waals surface area (Å²) in [7, 11) is 0. The summed E-state index contributed by atoms with van der Waals surface area (Å²) in [5.74, 6) is 0.467. The van der Waals surface area contributed by atoms with Gasteiger partial charge in [-0.2, -0.15) is 0 Å². The largest absolute Gasteiger partial charge is 0.493 e. The van der Waals surface area contributed by atoms with E-state index in [2.05, 4.69) is 19.9 Å². The van der Waals surface area contributed by atoms with Crippen LogP contribution >= 0.6 is 0 Å². The molecule has 4 heteroatoms. The Kier molecular flexibility index (Phi) is 7.76. The molecule has 0 saturated heterocycles. The summed E-state index contributed by atoms with van der Waals surface area (Å²) in [5, 5.41) is 8.92. The van der Waals surface area contributed by atoms with Crippen LogP contribution in [0.2, 0.25) is 0 Å². The number of benzene rings is 1. The number of ether oxygens (including phenoxy) is 1. The van der Waals surface area contributed by atoms with Crippen LogP contribution in [0.3, 0.4) is 0 Å². The smallest absolute Gasteiger partial charge is 0.303 e. The van der Waals surface area contributed by atoms with Gasteiger partial charge in [0.25, 0.3) is 0 Å². The fourth-order valence-corrected chi connectivity index (χ4v) is 3.86. The molecule has 1 aromatic carbocycles. The Hall–Kier alpha value is -1.55. The molecule has 2 aliphatic rings. The molecule has 1 aliphatic heterocycles. The first-order valence-electron chi connectivity index (χ1n) is 9.77. The van der Waals surface area contributed by atoms with E-state index >= 15 is 0 Å². The summed E-state index contributed by atoms with van der Waals surface area (Å²) < 4.78 is 5.53. The van der Waals surface area contributed by atoms with Gasteiger partial charge >= 0.3 is 5.97 Å². The second-order valence-electron chi connectivity index (χ2n) is 7.37. The minimum absolute atomic E-state index is 0.198. The van der Waals surface area contributed by atoms with Gasteiger partial charge in [-0.1, -0.05) is 38.7 Å². The number of aliphatic carboxylic acids is 1. The molecular formula is C21H33NO3. The SMILES string of the molecule is CCCCCC[C@H](C)N.O=C(O)C[C@@H]1CCc2ccc3c(c21)CCO3. The lowest BCUT2D eigenvalue weighted by Crippen LogP contribution is -2.13. The van der Waals surface area contributed by atoms with E-state index < -0.39 is 5.97 Å². The molecule has 0 unspecified atom stereocenters. The number of nitrogens with two attached hydrogens (primary N) is 1. The Bertz CT molecular complexity index is 569. The first kappa shape index (κ1) is 19.8. The van der Waals surface area contributed by atoms with Crippen molar-refractivity contribution < 1.29 is 14.6 Å². The van der Waals surface area contributed by atoms with Crippen LogP contribution in [-0.2, 0) is 17.6 Å². The molecule has 25 heavy (non-hydrogen) atoms. The van der Waals surface area contributed by atoms with E-state index in [1.807, 2.05) is 6.07 Å². The molecule has 1 heterocycles. The topological polar surface area (TPSA) is 72.6 Å². The summed E-state index contributed by atoms with van der Waals surface area (Å²) in [5.41, 5.74) is 9.44. The first-order chi connectivity index (χ1) is 12.0. The highest BCUT2D eigenvalue weighted by Gasteiger charge is 2.30. The molecule has 2 atom stereocenters. The summed E-state index contributed by atoms with van der Waals surface area (Å²) in [4.78, 5) is 10.8. The highest BCUT2D eigenvalue weighted by molar-refractivity contribution is 5.69. The van der Waals surface area contributed by atoms with E-state index in [4.69, 9.17) is 15.6 Å². The van der Waals surface area contributed by atoms with Crippen LogP contribution in [-0.4, -0.2) is 23.7 Å². The van der Waals surface area contributed by atoms with Crippen LogP contribution in [0, 0.1) is 0 Å². The molecule has 0 spiro atoms. The summed E-state index contributed by atoms with van der Waals surface area (Å²) >= 11 is 0. The molecule has 1 aliphatic carbocycles. The Balaban J connectivity index is 0.000000217. The molecule has 0 amide bonds. The van der Waals surface area contributed by atoms with Crippen molar-refractivity contribution in [2.75, 3.05) is 6.61 Å². The normalized spacial score (nSPS) is 18.6. The summed E-state index contributed by atoms with van der Waals surface area (Å²) in [6.07, 6.45) is 9.73. The summed E-state index contributed by atoms with van der Waals surface area (Å²) in [6.45, 7) is 5.05. The second kappa shape index (κ2) is 9.81. The maximum Gasteiger partial charge on any atom is 0.303 e. The molecule has 3 N–H and O–H groups in total. The lowest BCUT2D eigenvalue weighted by molar-refractivity contribution is -0.137. The number of carboxylic acid groups (broad SMARTS) is 1. The fraction of sp³-hybridized carbons (Fsp3) is 0.667. The molecule has 4 nitrogen and oxygen atoms in total. The Morgan fingerprint density at radius 2 is 2.12 bits per heavy atom. The Morgan fingerprint density at radius 1 is 1.32 bits per heavy atom. The minimum atomic E-state index is -0.700. The van der Waals surface area contributed by atoms with E-state index in [0.29, 0.717) is 6.04 Å². The molecule has 0 bridgehead atoms. The molecule has 3 rings (SSSR count). The molecular weight excluding hydrogens is 314 g/mol. The molecule has 140 valence electrons. The Labute approximate surface area is 151 Å². The van der Waals surface area contributed by atoms with Crippen molar-refractivity contribution in [1.82, 2.24) is 0 Å². The van der Waals surface area contributed by atoms with Gasteiger partial charge < -0.3 is 15.6 Å².